The molecule has 1 aliphatic rings. The highest BCUT2D eigenvalue weighted by Gasteiger charge is 2.45. The molecule has 0 saturated carbocycles. The van der Waals surface area contributed by atoms with Gasteiger partial charge in [-0.05, 0) is 12.1 Å². The molecule has 1 amide bonds. The van der Waals surface area contributed by atoms with Crippen LogP contribution in [-0.2, 0) is 11.3 Å². The van der Waals surface area contributed by atoms with Crippen molar-refractivity contribution >= 4 is 27.3 Å². The fraction of sp³-hybridized carbons (Fsp3) is 0.278. The molecule has 0 unspecified atom stereocenters. The number of amides is 1. The van der Waals surface area contributed by atoms with Gasteiger partial charge in [0.15, 0.2) is 11.5 Å². The lowest BCUT2D eigenvalue weighted by atomic mass is 9.98. The summed E-state index contributed by atoms with van der Waals surface area (Å²) >= 11 is 1.24. The molecule has 146 valence electrons. The molecular weight excluding hydrogens is 398 g/mol. The van der Waals surface area contributed by atoms with Crippen LogP contribution in [0.5, 0.6) is 0 Å². The summed E-state index contributed by atoms with van der Waals surface area (Å²) < 4.78 is 54.5. The number of rotatable bonds is 4. The third-order valence-corrected chi connectivity index (χ3v) is 5.60. The first kappa shape index (κ1) is 18.6. The van der Waals surface area contributed by atoms with Gasteiger partial charge < -0.3 is 9.47 Å². The van der Waals surface area contributed by atoms with Crippen molar-refractivity contribution in [2.45, 2.75) is 12.2 Å². The number of carbonyl (C=O) groups is 1. The molecule has 5 nitrogen and oxygen atoms in total. The average Bonchev–Trinajstić information content (AvgIpc) is 3.08. The van der Waals surface area contributed by atoms with E-state index in [0.717, 1.165) is 21.7 Å². The van der Waals surface area contributed by atoms with E-state index in [-0.39, 0.29) is 30.6 Å². The van der Waals surface area contributed by atoms with Crippen molar-refractivity contribution in [1.29, 1.82) is 0 Å². The largest absolute Gasteiger partial charge is 0.334 e. The Hall–Kier alpha value is -2.75. The third-order valence-electron chi connectivity index (χ3n) is 4.65. The number of likely N-dealkylation sites (tertiary alicyclic amines) is 1. The van der Waals surface area contributed by atoms with Gasteiger partial charge in [0.25, 0.3) is 5.56 Å². The Kier molecular flexibility index (Phi) is 4.45. The Balaban J connectivity index is 1.66. The number of halogens is 4. The lowest BCUT2D eigenvalue weighted by molar-refractivity contribution is -0.147. The highest BCUT2D eigenvalue weighted by molar-refractivity contribution is 7.17. The van der Waals surface area contributed by atoms with Crippen molar-refractivity contribution in [1.82, 2.24) is 14.5 Å². The molecule has 10 heteroatoms. The molecule has 0 bridgehead atoms. The fourth-order valence-electron chi connectivity index (χ4n) is 3.13. The van der Waals surface area contributed by atoms with E-state index in [1.165, 1.54) is 17.5 Å². The topological polar surface area (TPSA) is 55.2 Å². The molecule has 1 aliphatic heterocycles. The number of alkyl halides is 2. The first-order valence-corrected chi connectivity index (χ1v) is 9.14. The van der Waals surface area contributed by atoms with Crippen LogP contribution in [0, 0.1) is 11.8 Å². The van der Waals surface area contributed by atoms with Crippen LogP contribution in [0.25, 0.3) is 21.2 Å². The minimum atomic E-state index is -2.01. The molecule has 3 aromatic heterocycles. The second kappa shape index (κ2) is 6.69. The molecule has 0 radical (unpaired) electrons. The van der Waals surface area contributed by atoms with E-state index in [1.807, 2.05) is 0 Å². The molecule has 1 saturated heterocycles. The number of hydrogen-bond donors (Lipinski definition) is 0. The molecule has 0 N–H and O–H groups in total. The molecule has 3 aromatic rings. The van der Waals surface area contributed by atoms with Crippen molar-refractivity contribution in [3.8, 4) is 11.1 Å². The van der Waals surface area contributed by atoms with Gasteiger partial charge in [-0.25, -0.2) is 18.2 Å². The minimum Gasteiger partial charge on any atom is -0.334 e. The maximum atomic E-state index is 13.6. The Morgan fingerprint density at radius 2 is 2.07 bits per heavy atom. The number of nitrogens with zero attached hydrogens (tertiary/aromatic N) is 3. The maximum absolute atomic E-state index is 13.6. The monoisotopic (exact) mass is 411 g/mol. The number of hydrogen-bond acceptors (Lipinski definition) is 4. The Morgan fingerprint density at radius 3 is 2.75 bits per heavy atom. The maximum Gasteiger partial charge on any atom is 0.260 e. The number of fused-ring (bicyclic) bond motifs is 1. The van der Waals surface area contributed by atoms with Gasteiger partial charge in [0.1, 0.15) is 13.2 Å². The third kappa shape index (κ3) is 3.07. The molecule has 4 heterocycles. The normalized spacial score (nSPS) is 15.6. The van der Waals surface area contributed by atoms with Gasteiger partial charge in [-0.3, -0.25) is 9.59 Å². The Labute approximate surface area is 159 Å². The predicted octanol–water partition coefficient (Wildman–Crippen LogP) is 2.92. The summed E-state index contributed by atoms with van der Waals surface area (Å²) in [5.74, 6) is -2.88. The first-order valence-electron chi connectivity index (χ1n) is 8.26. The number of carbonyl (C=O) groups excluding carboxylic acids is 1. The molecule has 1 fully saturated rings. The van der Waals surface area contributed by atoms with Crippen LogP contribution < -0.4 is 5.56 Å². The molecule has 4 rings (SSSR count). The van der Waals surface area contributed by atoms with Gasteiger partial charge in [0.05, 0.1) is 18.5 Å². The van der Waals surface area contributed by atoms with Crippen molar-refractivity contribution < 1.29 is 22.4 Å². The van der Waals surface area contributed by atoms with Crippen molar-refractivity contribution in [2.75, 3.05) is 19.8 Å². The van der Waals surface area contributed by atoms with Crippen LogP contribution in [-0.4, -0.2) is 45.8 Å². The van der Waals surface area contributed by atoms with Gasteiger partial charge in [-0.1, -0.05) is 0 Å². The lowest BCUT2D eigenvalue weighted by Crippen LogP contribution is -2.62. The zero-order valence-electron chi connectivity index (χ0n) is 14.3. The van der Waals surface area contributed by atoms with Gasteiger partial charge in [0, 0.05) is 33.6 Å². The molecule has 0 aromatic carbocycles. The van der Waals surface area contributed by atoms with Crippen molar-refractivity contribution in [3.63, 3.8) is 0 Å². The van der Waals surface area contributed by atoms with Crippen LogP contribution in [0.2, 0.25) is 0 Å². The van der Waals surface area contributed by atoms with Gasteiger partial charge >= 0.3 is 0 Å². The summed E-state index contributed by atoms with van der Waals surface area (Å²) in [6.07, 6.45) is 2.56. The van der Waals surface area contributed by atoms with Crippen LogP contribution in [0.1, 0.15) is 0 Å². The van der Waals surface area contributed by atoms with E-state index in [0.29, 0.717) is 10.3 Å². The van der Waals surface area contributed by atoms with Gasteiger partial charge in [-0.2, -0.15) is 4.39 Å². The Morgan fingerprint density at radius 1 is 1.32 bits per heavy atom. The van der Waals surface area contributed by atoms with Crippen molar-refractivity contribution in [3.05, 3.63) is 52.0 Å². The summed E-state index contributed by atoms with van der Waals surface area (Å²) in [5, 5.41) is 1.88. The van der Waals surface area contributed by atoms with Gasteiger partial charge in [0.2, 0.25) is 11.9 Å². The molecule has 0 atom stereocenters. The molecule has 0 aliphatic carbocycles. The standard InChI is InChI=1S/C18H13F4N3O2S/c19-7-18(22)8-25(9-18)14(26)5-24-2-1-13-15(17(24)27)11(6-28-13)10-3-12(20)16(21)23-4-10/h1-4,6H,5,7-9H2. The molecular formula is C18H13F4N3O2S. The summed E-state index contributed by atoms with van der Waals surface area (Å²) in [5.41, 5.74) is -1.89. The number of pyridine rings is 2. The van der Waals surface area contributed by atoms with Gasteiger partial charge in [-0.15, -0.1) is 11.3 Å². The summed E-state index contributed by atoms with van der Waals surface area (Å²) in [6.45, 7) is -2.18. The van der Waals surface area contributed by atoms with Crippen LogP contribution in [0.4, 0.5) is 17.6 Å². The van der Waals surface area contributed by atoms with E-state index in [1.54, 1.807) is 11.4 Å². The minimum absolute atomic E-state index is 0.235. The lowest BCUT2D eigenvalue weighted by Gasteiger charge is -2.42. The summed E-state index contributed by atoms with van der Waals surface area (Å²) in [4.78, 5) is 29.6. The van der Waals surface area contributed by atoms with Crippen molar-refractivity contribution in [2.24, 2.45) is 0 Å². The van der Waals surface area contributed by atoms with E-state index in [2.05, 4.69) is 4.98 Å². The van der Waals surface area contributed by atoms with E-state index >= 15 is 0 Å². The van der Waals surface area contributed by atoms with E-state index < -0.39 is 35.6 Å². The highest BCUT2D eigenvalue weighted by Crippen LogP contribution is 2.32. The van der Waals surface area contributed by atoms with Crippen LogP contribution >= 0.6 is 11.3 Å². The first-order chi connectivity index (χ1) is 13.3. The van der Waals surface area contributed by atoms with E-state index in [4.69, 9.17) is 0 Å². The predicted molar refractivity (Wildman–Crippen MR) is 95.6 cm³/mol. The number of thiophene rings is 1. The second-order valence-electron chi connectivity index (χ2n) is 6.67. The summed E-state index contributed by atoms with van der Waals surface area (Å²) in [6, 6.07) is 2.58. The number of aromatic nitrogens is 2. The molecule has 0 spiro atoms. The van der Waals surface area contributed by atoms with Crippen LogP contribution in [0.3, 0.4) is 0 Å². The van der Waals surface area contributed by atoms with Crippen LogP contribution in [0.15, 0.2) is 34.7 Å². The zero-order valence-corrected chi connectivity index (χ0v) is 15.1. The molecule has 28 heavy (non-hydrogen) atoms. The summed E-state index contributed by atoms with van der Waals surface area (Å²) in [7, 11) is 0. The SMILES string of the molecule is O=C(Cn1ccc2scc(-c3cnc(F)c(F)c3)c2c1=O)N1CC(F)(CF)C1. The Bertz CT molecular complexity index is 1140. The second-order valence-corrected chi connectivity index (χ2v) is 7.58. The quantitative estimate of drug-likeness (QED) is 0.490. The average molecular weight is 411 g/mol. The highest BCUT2D eigenvalue weighted by atomic mass is 32.1. The smallest absolute Gasteiger partial charge is 0.260 e. The zero-order chi connectivity index (χ0) is 20.1. The fourth-order valence-corrected chi connectivity index (χ4v) is 4.09. The van der Waals surface area contributed by atoms with E-state index in [9.17, 15) is 27.2 Å².